The van der Waals surface area contributed by atoms with E-state index >= 15 is 0 Å². The summed E-state index contributed by atoms with van der Waals surface area (Å²) in [7, 11) is 1.65. The second kappa shape index (κ2) is 6.01. The van der Waals surface area contributed by atoms with E-state index in [2.05, 4.69) is 17.1 Å². The molecule has 0 amide bonds. The summed E-state index contributed by atoms with van der Waals surface area (Å²) in [5.41, 5.74) is 2.19. The average molecular weight is 229 g/mol. The van der Waals surface area contributed by atoms with Crippen molar-refractivity contribution in [2.24, 2.45) is 0 Å². The molecule has 0 spiro atoms. The predicted molar refractivity (Wildman–Crippen MR) is 67.0 cm³/mol. The van der Waals surface area contributed by atoms with Gasteiger partial charge in [0.05, 0.1) is 12.8 Å². The van der Waals surface area contributed by atoms with Gasteiger partial charge in [-0.05, 0) is 11.6 Å². The number of rotatable bonds is 5. The third-order valence-electron chi connectivity index (χ3n) is 2.38. The summed E-state index contributed by atoms with van der Waals surface area (Å²) in [5, 5.41) is 0. The molecule has 0 aliphatic carbocycles. The van der Waals surface area contributed by atoms with Crippen molar-refractivity contribution in [3.05, 3.63) is 48.8 Å². The molecule has 0 radical (unpaired) electrons. The van der Waals surface area contributed by atoms with E-state index in [-0.39, 0.29) is 0 Å². The molecule has 0 bridgehead atoms. The van der Waals surface area contributed by atoms with Gasteiger partial charge in [0.25, 0.3) is 0 Å². The van der Waals surface area contributed by atoms with Gasteiger partial charge in [0.15, 0.2) is 0 Å². The van der Waals surface area contributed by atoms with Crippen LogP contribution in [0.15, 0.2) is 48.8 Å². The molecule has 1 aromatic carbocycles. The van der Waals surface area contributed by atoms with Gasteiger partial charge < -0.3 is 9.47 Å². The Balaban J connectivity index is 2.12. The van der Waals surface area contributed by atoms with Crippen LogP contribution in [0.1, 0.15) is 0 Å². The molecule has 3 heteroatoms. The number of hydrogen-bond acceptors (Lipinski definition) is 3. The van der Waals surface area contributed by atoms with Gasteiger partial charge in [0, 0.05) is 18.9 Å². The van der Waals surface area contributed by atoms with Gasteiger partial charge in [-0.25, -0.2) is 0 Å². The number of hydrogen-bond donors (Lipinski definition) is 0. The lowest BCUT2D eigenvalue weighted by atomic mass is 10.1. The maximum Gasteiger partial charge on any atom is 0.138 e. The van der Waals surface area contributed by atoms with Gasteiger partial charge in [-0.15, -0.1) is 0 Å². The fraction of sp³-hybridized carbons (Fsp3) is 0.214. The van der Waals surface area contributed by atoms with Crippen molar-refractivity contribution in [3.63, 3.8) is 0 Å². The zero-order valence-corrected chi connectivity index (χ0v) is 9.80. The van der Waals surface area contributed by atoms with Crippen molar-refractivity contribution in [3.8, 4) is 16.9 Å². The highest BCUT2D eigenvalue weighted by atomic mass is 16.5. The van der Waals surface area contributed by atoms with E-state index in [1.54, 1.807) is 13.3 Å². The molecule has 0 unspecified atom stereocenters. The van der Waals surface area contributed by atoms with Crippen molar-refractivity contribution in [2.75, 3.05) is 20.3 Å². The minimum Gasteiger partial charge on any atom is -0.490 e. The minimum absolute atomic E-state index is 0.538. The topological polar surface area (TPSA) is 31.4 Å². The van der Waals surface area contributed by atoms with E-state index < -0.39 is 0 Å². The van der Waals surface area contributed by atoms with Crippen LogP contribution in [-0.4, -0.2) is 25.3 Å². The maximum absolute atomic E-state index is 5.52. The third kappa shape index (κ3) is 3.29. The smallest absolute Gasteiger partial charge is 0.138 e. The lowest BCUT2D eigenvalue weighted by molar-refractivity contribution is 0.146. The Morgan fingerprint density at radius 2 is 1.82 bits per heavy atom. The fourth-order valence-corrected chi connectivity index (χ4v) is 1.53. The van der Waals surface area contributed by atoms with Crippen LogP contribution >= 0.6 is 0 Å². The zero-order valence-electron chi connectivity index (χ0n) is 9.80. The molecule has 0 aliphatic rings. The Morgan fingerprint density at radius 1 is 1.00 bits per heavy atom. The van der Waals surface area contributed by atoms with Crippen molar-refractivity contribution in [1.29, 1.82) is 0 Å². The maximum atomic E-state index is 5.52. The Morgan fingerprint density at radius 3 is 2.59 bits per heavy atom. The zero-order chi connectivity index (χ0) is 11.9. The van der Waals surface area contributed by atoms with Gasteiger partial charge in [-0.3, -0.25) is 4.98 Å². The molecular weight excluding hydrogens is 214 g/mol. The van der Waals surface area contributed by atoms with Gasteiger partial charge in [-0.2, -0.15) is 0 Å². The summed E-state index contributed by atoms with van der Waals surface area (Å²) in [4.78, 5) is 4.17. The normalized spacial score (nSPS) is 10.2. The van der Waals surface area contributed by atoms with E-state index in [0.717, 1.165) is 16.9 Å². The third-order valence-corrected chi connectivity index (χ3v) is 2.38. The van der Waals surface area contributed by atoms with Gasteiger partial charge in [0.1, 0.15) is 12.4 Å². The molecule has 1 aromatic heterocycles. The largest absolute Gasteiger partial charge is 0.490 e. The molecule has 0 saturated carbocycles. The van der Waals surface area contributed by atoms with Crippen molar-refractivity contribution >= 4 is 0 Å². The van der Waals surface area contributed by atoms with Crippen LogP contribution < -0.4 is 4.74 Å². The second-order valence-electron chi connectivity index (χ2n) is 3.62. The number of methoxy groups -OCH3 is 1. The number of nitrogens with zero attached hydrogens (tertiary/aromatic N) is 1. The monoisotopic (exact) mass is 229 g/mol. The van der Waals surface area contributed by atoms with Crippen LogP contribution in [0, 0.1) is 0 Å². The van der Waals surface area contributed by atoms with Crippen LogP contribution in [-0.2, 0) is 4.74 Å². The highest BCUT2D eigenvalue weighted by molar-refractivity contribution is 5.63. The van der Waals surface area contributed by atoms with Crippen LogP contribution in [0.4, 0.5) is 0 Å². The molecule has 0 saturated heterocycles. The molecule has 1 heterocycles. The number of aromatic nitrogens is 1. The molecule has 0 aliphatic heterocycles. The van der Waals surface area contributed by atoms with E-state index in [0.29, 0.717) is 13.2 Å². The number of benzene rings is 1. The lowest BCUT2D eigenvalue weighted by Gasteiger charge is -2.07. The van der Waals surface area contributed by atoms with Crippen LogP contribution in [0.2, 0.25) is 0 Å². The van der Waals surface area contributed by atoms with Crippen molar-refractivity contribution in [2.45, 2.75) is 0 Å². The van der Waals surface area contributed by atoms with Crippen LogP contribution in [0.3, 0.4) is 0 Å². The molecule has 0 atom stereocenters. The molecule has 0 fully saturated rings. The van der Waals surface area contributed by atoms with E-state index in [9.17, 15) is 0 Å². The van der Waals surface area contributed by atoms with Crippen LogP contribution in [0.5, 0.6) is 5.75 Å². The summed E-state index contributed by atoms with van der Waals surface area (Å²) in [5.74, 6) is 0.767. The van der Waals surface area contributed by atoms with E-state index in [1.807, 2.05) is 30.5 Å². The summed E-state index contributed by atoms with van der Waals surface area (Å²) >= 11 is 0. The first-order valence-electron chi connectivity index (χ1n) is 5.52. The quantitative estimate of drug-likeness (QED) is 0.739. The Labute approximate surface area is 101 Å². The van der Waals surface area contributed by atoms with E-state index in [1.165, 1.54) is 0 Å². The highest BCUT2D eigenvalue weighted by Gasteiger charge is 2.00. The highest BCUT2D eigenvalue weighted by Crippen LogP contribution is 2.21. The van der Waals surface area contributed by atoms with Gasteiger partial charge >= 0.3 is 0 Å². The van der Waals surface area contributed by atoms with Gasteiger partial charge in [-0.1, -0.05) is 30.3 Å². The average Bonchev–Trinajstić information content (AvgIpc) is 2.41. The molecule has 17 heavy (non-hydrogen) atoms. The lowest BCUT2D eigenvalue weighted by Crippen LogP contribution is -2.04. The summed E-state index contributed by atoms with van der Waals surface area (Å²) in [6.07, 6.45) is 3.54. The Hall–Kier alpha value is -1.87. The molecular formula is C14H15NO2. The molecule has 0 N–H and O–H groups in total. The van der Waals surface area contributed by atoms with E-state index in [4.69, 9.17) is 9.47 Å². The SMILES string of the molecule is COCCOc1cncc(-c2ccccc2)c1. The summed E-state index contributed by atoms with van der Waals surface area (Å²) in [6.45, 7) is 1.12. The number of pyridine rings is 1. The molecule has 88 valence electrons. The first-order valence-corrected chi connectivity index (χ1v) is 5.52. The molecule has 2 rings (SSSR count). The van der Waals surface area contributed by atoms with Crippen molar-refractivity contribution in [1.82, 2.24) is 4.98 Å². The fourth-order valence-electron chi connectivity index (χ4n) is 1.53. The molecule has 2 aromatic rings. The van der Waals surface area contributed by atoms with Gasteiger partial charge in [0.2, 0.25) is 0 Å². The summed E-state index contributed by atoms with van der Waals surface area (Å²) in [6, 6.07) is 12.1. The minimum atomic E-state index is 0.538. The summed E-state index contributed by atoms with van der Waals surface area (Å²) < 4.78 is 10.5. The van der Waals surface area contributed by atoms with Crippen molar-refractivity contribution < 1.29 is 9.47 Å². The van der Waals surface area contributed by atoms with Crippen LogP contribution in [0.25, 0.3) is 11.1 Å². The Bertz CT molecular complexity index is 457. The second-order valence-corrected chi connectivity index (χ2v) is 3.62. The standard InChI is InChI=1S/C14H15NO2/c1-16-7-8-17-14-9-13(10-15-11-14)12-5-3-2-4-6-12/h2-6,9-11H,7-8H2,1H3. The predicted octanol–water partition coefficient (Wildman–Crippen LogP) is 2.77. The Kier molecular flexibility index (Phi) is 4.11. The first kappa shape index (κ1) is 11.6. The molecule has 3 nitrogen and oxygen atoms in total. The number of ether oxygens (including phenoxy) is 2. The first-order chi connectivity index (χ1) is 8.40.